The van der Waals surface area contributed by atoms with Crippen LogP contribution >= 0.6 is 11.3 Å². The van der Waals surface area contributed by atoms with Crippen LogP contribution in [0, 0.1) is 5.51 Å². The van der Waals surface area contributed by atoms with E-state index in [0.717, 1.165) is 10.2 Å². The first-order valence-electron chi connectivity index (χ1n) is 3.37. The average Bonchev–Trinajstić information content (AvgIpc) is 2.47. The summed E-state index contributed by atoms with van der Waals surface area (Å²) in [5, 5.41) is 4.96. The highest BCUT2D eigenvalue weighted by Crippen LogP contribution is 2.20. The maximum absolute atomic E-state index is 11.0. The van der Waals surface area contributed by atoms with Gasteiger partial charge in [-0.25, -0.2) is 18.5 Å². The van der Waals surface area contributed by atoms with Crippen LogP contribution in [-0.4, -0.2) is 13.4 Å². The molecule has 1 aromatic carbocycles. The van der Waals surface area contributed by atoms with Crippen molar-refractivity contribution in [3.8, 4) is 0 Å². The highest BCUT2D eigenvalue weighted by atomic mass is 32.2. The maximum Gasteiger partial charge on any atom is 0.238 e. The summed E-state index contributed by atoms with van der Waals surface area (Å²) in [4.78, 5) is 4.01. The summed E-state index contributed by atoms with van der Waals surface area (Å²) in [6.45, 7) is 0. The predicted molar refractivity (Wildman–Crippen MR) is 49.8 cm³/mol. The van der Waals surface area contributed by atoms with E-state index >= 15 is 0 Å². The van der Waals surface area contributed by atoms with E-state index in [9.17, 15) is 8.42 Å². The number of primary sulfonamides is 1. The van der Waals surface area contributed by atoms with Crippen molar-refractivity contribution < 1.29 is 8.42 Å². The Morgan fingerprint density at radius 1 is 1.46 bits per heavy atom. The molecule has 2 aromatic rings. The summed E-state index contributed by atoms with van der Waals surface area (Å²) >= 11 is 1.26. The lowest BCUT2D eigenvalue weighted by atomic mass is 10.3. The van der Waals surface area contributed by atoms with Gasteiger partial charge in [0.15, 0.2) is 5.51 Å². The minimum atomic E-state index is -3.61. The van der Waals surface area contributed by atoms with Crippen LogP contribution in [0.2, 0.25) is 0 Å². The molecule has 0 aliphatic heterocycles. The molecule has 0 spiro atoms. The number of sulfonamides is 1. The zero-order valence-electron chi connectivity index (χ0n) is 6.39. The first-order valence-corrected chi connectivity index (χ1v) is 5.73. The number of fused-ring (bicyclic) bond motifs is 1. The first kappa shape index (κ1) is 8.61. The fraction of sp³-hybridized carbons (Fsp3) is 0. The molecule has 1 radical (unpaired) electrons. The van der Waals surface area contributed by atoms with Gasteiger partial charge >= 0.3 is 0 Å². The van der Waals surface area contributed by atoms with Gasteiger partial charge in [-0.2, -0.15) is 0 Å². The molecule has 1 heterocycles. The third-order valence-electron chi connectivity index (χ3n) is 1.58. The molecular formula is C7H5N2O2S2. The number of nitrogens with two attached hydrogens (primary N) is 1. The van der Waals surface area contributed by atoms with E-state index in [1.807, 2.05) is 0 Å². The van der Waals surface area contributed by atoms with Crippen molar-refractivity contribution >= 4 is 31.6 Å². The van der Waals surface area contributed by atoms with Crippen LogP contribution in [0.15, 0.2) is 23.1 Å². The molecule has 0 aliphatic rings. The molecule has 2 N–H and O–H groups in total. The molecule has 0 unspecified atom stereocenters. The zero-order chi connectivity index (χ0) is 9.47. The lowest BCUT2D eigenvalue weighted by Gasteiger charge is -1.95. The Balaban J connectivity index is 2.75. The van der Waals surface area contributed by atoms with Crippen LogP contribution < -0.4 is 5.14 Å². The van der Waals surface area contributed by atoms with Crippen molar-refractivity contribution in [3.05, 3.63) is 23.7 Å². The van der Waals surface area contributed by atoms with Gasteiger partial charge in [-0.05, 0) is 18.2 Å². The van der Waals surface area contributed by atoms with Crippen molar-refractivity contribution in [1.82, 2.24) is 4.98 Å². The van der Waals surface area contributed by atoms with E-state index in [4.69, 9.17) is 5.14 Å². The molecule has 1 aromatic heterocycles. The minimum Gasteiger partial charge on any atom is -0.233 e. The van der Waals surface area contributed by atoms with Gasteiger partial charge in [-0.3, -0.25) is 0 Å². The van der Waals surface area contributed by atoms with Crippen molar-refractivity contribution in [1.29, 1.82) is 0 Å². The Hall–Kier alpha value is -0.980. The number of hydrogen-bond donors (Lipinski definition) is 1. The minimum absolute atomic E-state index is 0.109. The topological polar surface area (TPSA) is 73.1 Å². The molecule has 0 saturated heterocycles. The Morgan fingerprint density at radius 2 is 2.23 bits per heavy atom. The zero-order valence-corrected chi connectivity index (χ0v) is 8.02. The quantitative estimate of drug-likeness (QED) is 0.759. The SMILES string of the molecule is NS(=O)(=O)c1ccc2n[c]sc2c1. The van der Waals surface area contributed by atoms with Gasteiger partial charge in [0.1, 0.15) is 0 Å². The molecule has 0 bridgehead atoms. The van der Waals surface area contributed by atoms with E-state index in [0.29, 0.717) is 0 Å². The van der Waals surface area contributed by atoms with E-state index in [-0.39, 0.29) is 4.90 Å². The fourth-order valence-corrected chi connectivity index (χ4v) is 2.23. The Kier molecular flexibility index (Phi) is 1.83. The number of aromatic nitrogens is 1. The Morgan fingerprint density at radius 3 is 2.92 bits per heavy atom. The highest BCUT2D eigenvalue weighted by Gasteiger charge is 2.08. The molecule has 4 nitrogen and oxygen atoms in total. The molecule has 0 amide bonds. The molecule has 67 valence electrons. The summed E-state index contributed by atoms with van der Waals surface area (Å²) in [7, 11) is -3.61. The van der Waals surface area contributed by atoms with Gasteiger partial charge in [-0.15, -0.1) is 11.3 Å². The summed E-state index contributed by atoms with van der Waals surface area (Å²) in [5.74, 6) is 0. The van der Waals surface area contributed by atoms with E-state index in [2.05, 4.69) is 10.5 Å². The lowest BCUT2D eigenvalue weighted by molar-refractivity contribution is 0.598. The third-order valence-corrected chi connectivity index (χ3v) is 3.22. The van der Waals surface area contributed by atoms with Gasteiger partial charge < -0.3 is 0 Å². The fourth-order valence-electron chi connectivity index (χ4n) is 0.967. The Bertz CT molecular complexity index is 544. The van der Waals surface area contributed by atoms with Crippen LogP contribution in [-0.2, 0) is 10.0 Å². The Labute approximate surface area is 79.1 Å². The molecule has 0 atom stereocenters. The van der Waals surface area contributed by atoms with Crippen LogP contribution in [0.4, 0.5) is 0 Å². The van der Waals surface area contributed by atoms with Gasteiger partial charge in [0, 0.05) is 0 Å². The maximum atomic E-state index is 11.0. The number of benzene rings is 1. The number of nitrogens with zero attached hydrogens (tertiary/aromatic N) is 1. The molecule has 0 saturated carbocycles. The summed E-state index contributed by atoms with van der Waals surface area (Å²) in [6.07, 6.45) is 0. The van der Waals surface area contributed by atoms with Crippen molar-refractivity contribution in [2.75, 3.05) is 0 Å². The van der Waals surface area contributed by atoms with E-state index in [1.54, 1.807) is 6.07 Å². The van der Waals surface area contributed by atoms with Gasteiger partial charge in [-0.1, -0.05) is 0 Å². The molecular weight excluding hydrogens is 208 g/mol. The normalized spacial score (nSPS) is 12.1. The monoisotopic (exact) mass is 213 g/mol. The van der Waals surface area contributed by atoms with Gasteiger partial charge in [0.25, 0.3) is 0 Å². The summed E-state index contributed by atoms with van der Waals surface area (Å²) in [5.41, 5.74) is 3.41. The molecule has 0 aliphatic carbocycles. The highest BCUT2D eigenvalue weighted by molar-refractivity contribution is 7.89. The van der Waals surface area contributed by atoms with Crippen molar-refractivity contribution in [2.24, 2.45) is 5.14 Å². The van der Waals surface area contributed by atoms with Crippen LogP contribution in [0.25, 0.3) is 10.2 Å². The van der Waals surface area contributed by atoms with E-state index in [1.165, 1.54) is 23.5 Å². The van der Waals surface area contributed by atoms with Crippen LogP contribution in [0.1, 0.15) is 0 Å². The van der Waals surface area contributed by atoms with Crippen LogP contribution in [0.5, 0.6) is 0 Å². The summed E-state index contributed by atoms with van der Waals surface area (Å²) < 4.78 is 22.7. The molecule has 13 heavy (non-hydrogen) atoms. The average molecular weight is 213 g/mol. The lowest BCUT2D eigenvalue weighted by Crippen LogP contribution is -2.11. The van der Waals surface area contributed by atoms with Gasteiger partial charge in [0.2, 0.25) is 10.0 Å². The van der Waals surface area contributed by atoms with Crippen LogP contribution in [0.3, 0.4) is 0 Å². The second-order valence-electron chi connectivity index (χ2n) is 2.48. The standard InChI is InChI=1S/C7H5N2O2S2/c8-13(10,11)5-1-2-6-7(3-5)12-4-9-6/h1-3H,(H2,8,10,11). The largest absolute Gasteiger partial charge is 0.238 e. The second-order valence-corrected chi connectivity index (χ2v) is 4.87. The van der Waals surface area contributed by atoms with Crippen molar-refractivity contribution in [3.63, 3.8) is 0 Å². The number of rotatable bonds is 1. The third kappa shape index (κ3) is 1.55. The molecule has 6 heteroatoms. The van der Waals surface area contributed by atoms with Crippen molar-refractivity contribution in [2.45, 2.75) is 4.90 Å². The smallest absolute Gasteiger partial charge is 0.233 e. The number of thiazole rings is 1. The number of hydrogen-bond acceptors (Lipinski definition) is 4. The summed E-state index contributed by atoms with van der Waals surface area (Å²) in [6, 6.07) is 4.55. The van der Waals surface area contributed by atoms with Gasteiger partial charge in [0.05, 0.1) is 15.1 Å². The first-order chi connectivity index (χ1) is 6.07. The molecule has 2 rings (SSSR count). The predicted octanol–water partition coefficient (Wildman–Crippen LogP) is 0.744. The second kappa shape index (κ2) is 2.76. The van der Waals surface area contributed by atoms with E-state index < -0.39 is 10.0 Å². The molecule has 0 fully saturated rings.